The number of esters is 1. The predicted octanol–water partition coefficient (Wildman–Crippen LogP) is 3.15. The van der Waals surface area contributed by atoms with Crippen molar-refractivity contribution in [3.8, 4) is 11.5 Å². The Kier molecular flexibility index (Phi) is 2.59. The van der Waals surface area contributed by atoms with Crippen LogP contribution in [0.3, 0.4) is 0 Å². The van der Waals surface area contributed by atoms with E-state index in [9.17, 15) is 9.90 Å². The molecule has 1 aromatic heterocycles. The van der Waals surface area contributed by atoms with Crippen LogP contribution in [0.1, 0.15) is 17.4 Å². The highest BCUT2D eigenvalue weighted by Gasteiger charge is 2.15. The largest absolute Gasteiger partial charge is 0.508 e. The molecule has 3 nitrogen and oxygen atoms in total. The van der Waals surface area contributed by atoms with E-state index < -0.39 is 0 Å². The first kappa shape index (κ1) is 11.0. The van der Waals surface area contributed by atoms with Crippen LogP contribution in [0.5, 0.6) is 11.5 Å². The molecule has 84 valence electrons. The van der Waals surface area contributed by atoms with Gasteiger partial charge in [-0.15, -0.1) is 11.3 Å². The van der Waals surface area contributed by atoms with Gasteiger partial charge in [-0.3, -0.25) is 4.79 Å². The van der Waals surface area contributed by atoms with Crippen molar-refractivity contribution in [3.05, 3.63) is 22.6 Å². The van der Waals surface area contributed by atoms with E-state index in [1.54, 1.807) is 12.1 Å². The molecule has 0 amide bonds. The number of carbonyl (C=O) groups excluding carboxylic acids is 1. The molecular weight excluding hydrogens is 224 g/mol. The summed E-state index contributed by atoms with van der Waals surface area (Å²) >= 11 is 1.52. The highest BCUT2D eigenvalue weighted by Crippen LogP contribution is 2.41. The van der Waals surface area contributed by atoms with Crippen molar-refractivity contribution in [2.24, 2.45) is 0 Å². The van der Waals surface area contributed by atoms with Crippen molar-refractivity contribution in [1.82, 2.24) is 0 Å². The van der Waals surface area contributed by atoms with Gasteiger partial charge < -0.3 is 9.84 Å². The number of thiophene rings is 1. The lowest BCUT2D eigenvalue weighted by Gasteiger charge is -2.02. The van der Waals surface area contributed by atoms with Crippen molar-refractivity contribution < 1.29 is 14.6 Å². The van der Waals surface area contributed by atoms with Gasteiger partial charge in [0.15, 0.2) is 5.75 Å². The molecule has 16 heavy (non-hydrogen) atoms. The van der Waals surface area contributed by atoms with Crippen LogP contribution < -0.4 is 4.74 Å². The average Bonchev–Trinajstić information content (AvgIpc) is 2.51. The number of aryl methyl sites for hydroxylation is 2. The van der Waals surface area contributed by atoms with Crippen molar-refractivity contribution in [2.75, 3.05) is 0 Å². The quantitative estimate of drug-likeness (QED) is 0.774. The Balaban J connectivity index is 2.71. The van der Waals surface area contributed by atoms with Crippen LogP contribution in [0.2, 0.25) is 0 Å². The minimum Gasteiger partial charge on any atom is -0.508 e. The maximum absolute atomic E-state index is 11.0. The summed E-state index contributed by atoms with van der Waals surface area (Å²) in [4.78, 5) is 11.9. The maximum atomic E-state index is 11.0. The molecule has 0 saturated carbocycles. The second-order valence-corrected chi connectivity index (χ2v) is 4.89. The van der Waals surface area contributed by atoms with E-state index in [1.165, 1.54) is 18.3 Å². The molecule has 1 N–H and O–H groups in total. The Morgan fingerprint density at radius 3 is 2.69 bits per heavy atom. The van der Waals surface area contributed by atoms with Crippen LogP contribution in [0.25, 0.3) is 10.1 Å². The minimum absolute atomic E-state index is 0.267. The van der Waals surface area contributed by atoms with Gasteiger partial charge in [0.1, 0.15) is 5.75 Å². The van der Waals surface area contributed by atoms with E-state index in [-0.39, 0.29) is 11.7 Å². The van der Waals surface area contributed by atoms with Gasteiger partial charge in [0.2, 0.25) is 0 Å². The van der Waals surface area contributed by atoms with Crippen LogP contribution >= 0.6 is 11.3 Å². The molecule has 0 bridgehead atoms. The summed E-state index contributed by atoms with van der Waals surface area (Å²) in [5, 5.41) is 10.5. The number of fused-ring (bicyclic) bond motifs is 1. The molecule has 0 aliphatic rings. The molecule has 0 saturated heterocycles. The first-order valence-electron chi connectivity index (χ1n) is 4.90. The summed E-state index contributed by atoms with van der Waals surface area (Å²) in [5.41, 5.74) is 0.823. The number of rotatable bonds is 1. The SMILES string of the molecule is CC(=O)Oc1c(C)sc2c(C)c(O)ccc12. The third kappa shape index (κ3) is 1.65. The Bertz CT molecular complexity index is 569. The number of phenols is 1. The predicted molar refractivity (Wildman–Crippen MR) is 64.3 cm³/mol. The summed E-state index contributed by atoms with van der Waals surface area (Å²) in [6, 6.07) is 3.40. The van der Waals surface area contributed by atoms with E-state index in [2.05, 4.69) is 0 Å². The van der Waals surface area contributed by atoms with Gasteiger partial charge in [-0.25, -0.2) is 0 Å². The number of phenolic OH excluding ortho intramolecular Hbond substituents is 1. The normalized spacial score (nSPS) is 10.7. The number of carbonyl (C=O) groups is 1. The van der Waals surface area contributed by atoms with E-state index >= 15 is 0 Å². The summed E-state index contributed by atoms with van der Waals surface area (Å²) < 4.78 is 6.15. The molecule has 0 unspecified atom stereocenters. The minimum atomic E-state index is -0.325. The molecule has 2 rings (SSSR count). The summed E-state index contributed by atoms with van der Waals surface area (Å²) in [5.74, 6) is 0.548. The second kappa shape index (κ2) is 3.79. The van der Waals surface area contributed by atoms with Crippen LogP contribution in [-0.2, 0) is 4.79 Å². The highest BCUT2D eigenvalue weighted by atomic mass is 32.1. The summed E-state index contributed by atoms with van der Waals surface area (Å²) in [6.45, 7) is 5.14. The molecule has 1 aromatic carbocycles. The first-order valence-corrected chi connectivity index (χ1v) is 5.72. The summed E-state index contributed by atoms with van der Waals surface area (Å²) in [6.07, 6.45) is 0. The van der Waals surface area contributed by atoms with Crippen molar-refractivity contribution in [3.63, 3.8) is 0 Å². The van der Waals surface area contributed by atoms with Gasteiger partial charge in [-0.2, -0.15) is 0 Å². The van der Waals surface area contributed by atoms with Crippen LogP contribution in [0, 0.1) is 13.8 Å². The topological polar surface area (TPSA) is 46.5 Å². The van der Waals surface area contributed by atoms with Crippen LogP contribution in [0.15, 0.2) is 12.1 Å². The van der Waals surface area contributed by atoms with Gasteiger partial charge in [0, 0.05) is 27.5 Å². The van der Waals surface area contributed by atoms with Crippen LogP contribution in [-0.4, -0.2) is 11.1 Å². The zero-order valence-electron chi connectivity index (χ0n) is 9.33. The Morgan fingerprint density at radius 1 is 1.38 bits per heavy atom. The third-order valence-corrected chi connectivity index (χ3v) is 3.66. The fourth-order valence-electron chi connectivity index (χ4n) is 1.65. The van der Waals surface area contributed by atoms with Crippen molar-refractivity contribution in [1.29, 1.82) is 0 Å². The standard InChI is InChI=1S/C12H12O3S/c1-6-10(14)5-4-9-11(15-8(3)13)7(2)16-12(6)9/h4-5,14H,1-3H3. The van der Waals surface area contributed by atoms with Gasteiger partial charge in [-0.05, 0) is 26.0 Å². The molecule has 0 radical (unpaired) electrons. The Hall–Kier alpha value is -1.55. The van der Waals surface area contributed by atoms with E-state index in [1.807, 2.05) is 13.8 Å². The maximum Gasteiger partial charge on any atom is 0.308 e. The molecule has 0 aliphatic carbocycles. The molecule has 0 aliphatic heterocycles. The van der Waals surface area contributed by atoms with Crippen molar-refractivity contribution in [2.45, 2.75) is 20.8 Å². The number of aromatic hydroxyl groups is 1. The zero-order valence-corrected chi connectivity index (χ0v) is 10.1. The first-order chi connectivity index (χ1) is 7.50. The van der Waals surface area contributed by atoms with Gasteiger partial charge in [0.25, 0.3) is 0 Å². The molecular formula is C12H12O3S. The lowest BCUT2D eigenvalue weighted by atomic mass is 10.1. The molecule has 1 heterocycles. The van der Waals surface area contributed by atoms with Gasteiger partial charge in [0.05, 0.1) is 0 Å². The lowest BCUT2D eigenvalue weighted by Crippen LogP contribution is -2.01. The molecule has 0 spiro atoms. The van der Waals surface area contributed by atoms with E-state index in [4.69, 9.17) is 4.74 Å². The average molecular weight is 236 g/mol. The van der Waals surface area contributed by atoms with E-state index in [0.29, 0.717) is 5.75 Å². The fourth-order valence-corrected chi connectivity index (χ4v) is 2.73. The number of ether oxygens (including phenoxy) is 1. The van der Waals surface area contributed by atoms with E-state index in [0.717, 1.165) is 20.5 Å². The van der Waals surface area contributed by atoms with Crippen molar-refractivity contribution >= 4 is 27.4 Å². The second-order valence-electron chi connectivity index (χ2n) is 3.67. The monoisotopic (exact) mass is 236 g/mol. The molecule has 0 fully saturated rings. The van der Waals surface area contributed by atoms with Crippen LogP contribution in [0.4, 0.5) is 0 Å². The van der Waals surface area contributed by atoms with Gasteiger partial charge >= 0.3 is 5.97 Å². The zero-order chi connectivity index (χ0) is 11.9. The molecule has 2 aromatic rings. The van der Waals surface area contributed by atoms with Gasteiger partial charge in [-0.1, -0.05) is 0 Å². The third-order valence-electron chi connectivity index (χ3n) is 2.44. The summed E-state index contributed by atoms with van der Waals surface area (Å²) in [7, 11) is 0. The number of benzene rings is 1. The fraction of sp³-hybridized carbons (Fsp3) is 0.250. The smallest absolute Gasteiger partial charge is 0.308 e. The lowest BCUT2D eigenvalue weighted by molar-refractivity contribution is -0.131. The highest BCUT2D eigenvalue weighted by molar-refractivity contribution is 7.19. The number of hydrogen-bond acceptors (Lipinski definition) is 4. The molecule has 0 atom stereocenters. The number of hydrogen-bond donors (Lipinski definition) is 1. The Labute approximate surface area is 97.3 Å². The molecule has 4 heteroatoms. The Morgan fingerprint density at radius 2 is 2.06 bits per heavy atom.